The molecule has 3 rings (SSSR count). The van der Waals surface area contributed by atoms with Crippen molar-refractivity contribution in [2.45, 2.75) is 12.6 Å². The molecule has 2 aromatic rings. The van der Waals surface area contributed by atoms with Crippen molar-refractivity contribution in [2.75, 3.05) is 26.4 Å². The molecule has 1 aromatic heterocycles. The van der Waals surface area contributed by atoms with Gasteiger partial charge in [0.05, 0.1) is 43.4 Å². The van der Waals surface area contributed by atoms with Gasteiger partial charge in [0, 0.05) is 11.6 Å². The van der Waals surface area contributed by atoms with Crippen LogP contribution < -0.4 is 10.9 Å². The summed E-state index contributed by atoms with van der Waals surface area (Å²) in [5.41, 5.74) is 0.436. The Labute approximate surface area is 126 Å². The van der Waals surface area contributed by atoms with Gasteiger partial charge in [-0.2, -0.15) is 0 Å². The minimum Gasteiger partial charge on any atom is -0.376 e. The van der Waals surface area contributed by atoms with E-state index >= 15 is 0 Å². The molecule has 1 aliphatic rings. The molecule has 1 atom stereocenters. The van der Waals surface area contributed by atoms with Crippen LogP contribution in [0.25, 0.3) is 10.9 Å². The first-order valence-electron chi connectivity index (χ1n) is 6.81. The van der Waals surface area contributed by atoms with Gasteiger partial charge in [-0.15, -0.1) is 0 Å². The topological polar surface area (TPSA) is 76.2 Å². The van der Waals surface area contributed by atoms with E-state index in [2.05, 4.69) is 15.3 Å². The van der Waals surface area contributed by atoms with Gasteiger partial charge in [0.25, 0.3) is 5.56 Å². The molecule has 0 amide bonds. The number of aromatic nitrogens is 2. The van der Waals surface area contributed by atoms with Crippen LogP contribution >= 0.6 is 11.6 Å². The summed E-state index contributed by atoms with van der Waals surface area (Å²) in [6, 6.07) is 5.04. The van der Waals surface area contributed by atoms with Gasteiger partial charge in [0.1, 0.15) is 5.82 Å². The van der Waals surface area contributed by atoms with Gasteiger partial charge in [-0.05, 0) is 18.2 Å². The quantitative estimate of drug-likeness (QED) is 0.884. The Morgan fingerprint density at radius 1 is 1.43 bits per heavy atom. The molecule has 2 heterocycles. The Morgan fingerprint density at radius 2 is 2.33 bits per heavy atom. The highest BCUT2D eigenvalue weighted by atomic mass is 35.5. The molecule has 21 heavy (non-hydrogen) atoms. The van der Waals surface area contributed by atoms with Crippen molar-refractivity contribution in [2.24, 2.45) is 0 Å². The molecule has 0 radical (unpaired) electrons. The number of ether oxygens (including phenoxy) is 2. The van der Waals surface area contributed by atoms with Gasteiger partial charge in [-0.3, -0.25) is 4.79 Å². The lowest BCUT2D eigenvalue weighted by Crippen LogP contribution is -2.37. The standard InChI is InChI=1S/C14H16ClN3O3/c15-9-1-2-11-12(5-9)17-13(18-14(11)19)7-16-6-10-8-20-3-4-21-10/h1-2,5,10,16H,3-4,6-8H2,(H,17,18,19). The van der Waals surface area contributed by atoms with E-state index in [-0.39, 0.29) is 11.7 Å². The van der Waals surface area contributed by atoms with Crippen LogP contribution in [0.5, 0.6) is 0 Å². The number of fused-ring (bicyclic) bond motifs is 1. The number of aromatic amines is 1. The third-order valence-electron chi connectivity index (χ3n) is 3.27. The van der Waals surface area contributed by atoms with Gasteiger partial charge >= 0.3 is 0 Å². The minimum absolute atomic E-state index is 0.0420. The lowest BCUT2D eigenvalue weighted by molar-refractivity contribution is -0.0864. The summed E-state index contributed by atoms with van der Waals surface area (Å²) in [7, 11) is 0. The fraction of sp³-hybridized carbons (Fsp3) is 0.429. The van der Waals surface area contributed by atoms with Crippen LogP contribution in [-0.2, 0) is 16.0 Å². The van der Waals surface area contributed by atoms with Crippen LogP contribution in [0.15, 0.2) is 23.0 Å². The number of hydrogen-bond donors (Lipinski definition) is 2. The van der Waals surface area contributed by atoms with Gasteiger partial charge in [0.2, 0.25) is 0 Å². The van der Waals surface area contributed by atoms with Crippen LogP contribution in [0, 0.1) is 0 Å². The zero-order valence-electron chi connectivity index (χ0n) is 11.4. The summed E-state index contributed by atoms with van der Waals surface area (Å²) in [5.74, 6) is 0.575. The first-order valence-corrected chi connectivity index (χ1v) is 7.19. The molecule has 1 aromatic carbocycles. The van der Waals surface area contributed by atoms with Crippen molar-refractivity contribution >= 4 is 22.5 Å². The predicted molar refractivity (Wildman–Crippen MR) is 79.6 cm³/mol. The van der Waals surface area contributed by atoms with E-state index in [9.17, 15) is 4.79 Å². The molecule has 0 saturated carbocycles. The largest absolute Gasteiger partial charge is 0.376 e. The van der Waals surface area contributed by atoms with Crippen LogP contribution in [0.3, 0.4) is 0 Å². The van der Waals surface area contributed by atoms with Crippen LogP contribution in [0.2, 0.25) is 5.02 Å². The summed E-state index contributed by atoms with van der Waals surface area (Å²) in [4.78, 5) is 19.1. The lowest BCUT2D eigenvalue weighted by atomic mass is 10.2. The second kappa shape index (κ2) is 6.53. The van der Waals surface area contributed by atoms with E-state index in [4.69, 9.17) is 21.1 Å². The Bertz CT molecular complexity index is 683. The Kier molecular flexibility index (Phi) is 4.50. The van der Waals surface area contributed by atoms with Crippen molar-refractivity contribution in [3.05, 3.63) is 39.4 Å². The third-order valence-corrected chi connectivity index (χ3v) is 3.50. The summed E-state index contributed by atoms with van der Waals surface area (Å²) in [6.45, 7) is 2.96. The normalized spacial score (nSPS) is 19.0. The van der Waals surface area contributed by atoms with Gasteiger partial charge < -0.3 is 19.8 Å². The maximum atomic E-state index is 12.0. The monoisotopic (exact) mass is 309 g/mol. The lowest BCUT2D eigenvalue weighted by Gasteiger charge is -2.23. The Hall–Kier alpha value is -1.47. The average Bonchev–Trinajstić information content (AvgIpc) is 2.48. The van der Waals surface area contributed by atoms with Gasteiger partial charge in [-0.1, -0.05) is 11.6 Å². The highest BCUT2D eigenvalue weighted by Crippen LogP contribution is 2.14. The molecule has 1 unspecified atom stereocenters. The third kappa shape index (κ3) is 3.59. The molecule has 1 fully saturated rings. The Balaban J connectivity index is 1.67. The molecular formula is C14H16ClN3O3. The molecule has 1 saturated heterocycles. The molecular weight excluding hydrogens is 294 g/mol. The van der Waals surface area contributed by atoms with E-state index in [1.807, 2.05) is 0 Å². The number of H-pyrrole nitrogens is 1. The number of rotatable bonds is 4. The molecule has 0 spiro atoms. The summed E-state index contributed by atoms with van der Waals surface area (Å²) in [5, 5.41) is 4.30. The van der Waals surface area contributed by atoms with Crippen molar-refractivity contribution in [3.8, 4) is 0 Å². The molecule has 112 valence electrons. The average molecular weight is 310 g/mol. The minimum atomic E-state index is -0.161. The fourth-order valence-electron chi connectivity index (χ4n) is 2.25. The van der Waals surface area contributed by atoms with E-state index in [1.54, 1.807) is 18.2 Å². The zero-order valence-corrected chi connectivity index (χ0v) is 12.2. The second-order valence-corrected chi connectivity index (χ2v) is 5.31. The van der Waals surface area contributed by atoms with Gasteiger partial charge in [0.15, 0.2) is 0 Å². The van der Waals surface area contributed by atoms with Crippen LogP contribution in [0.1, 0.15) is 5.82 Å². The summed E-state index contributed by atoms with van der Waals surface area (Å²) >= 11 is 5.93. The molecule has 2 N–H and O–H groups in total. The molecule has 7 heteroatoms. The maximum Gasteiger partial charge on any atom is 0.258 e. The molecule has 0 bridgehead atoms. The fourth-order valence-corrected chi connectivity index (χ4v) is 2.42. The SMILES string of the molecule is O=c1[nH]c(CNCC2COCCO2)nc2cc(Cl)ccc12. The van der Waals surface area contributed by atoms with Crippen LogP contribution in [-0.4, -0.2) is 42.4 Å². The summed E-state index contributed by atoms with van der Waals surface area (Å²) < 4.78 is 10.8. The molecule has 0 aliphatic carbocycles. The van der Waals surface area contributed by atoms with E-state index < -0.39 is 0 Å². The van der Waals surface area contributed by atoms with E-state index in [0.29, 0.717) is 54.7 Å². The number of benzene rings is 1. The van der Waals surface area contributed by atoms with E-state index in [1.165, 1.54) is 0 Å². The number of hydrogen-bond acceptors (Lipinski definition) is 5. The van der Waals surface area contributed by atoms with Crippen molar-refractivity contribution in [1.29, 1.82) is 0 Å². The maximum absolute atomic E-state index is 12.0. The number of nitrogens with one attached hydrogen (secondary N) is 2. The highest BCUT2D eigenvalue weighted by molar-refractivity contribution is 6.31. The first kappa shape index (κ1) is 14.5. The Morgan fingerprint density at radius 3 is 3.14 bits per heavy atom. The van der Waals surface area contributed by atoms with Crippen molar-refractivity contribution in [3.63, 3.8) is 0 Å². The molecule has 1 aliphatic heterocycles. The smallest absolute Gasteiger partial charge is 0.258 e. The molecule has 6 nitrogen and oxygen atoms in total. The van der Waals surface area contributed by atoms with Gasteiger partial charge in [-0.25, -0.2) is 4.98 Å². The number of nitrogens with zero attached hydrogens (tertiary/aromatic N) is 1. The second-order valence-electron chi connectivity index (χ2n) is 4.87. The first-order chi connectivity index (χ1) is 10.2. The van der Waals surface area contributed by atoms with Crippen molar-refractivity contribution < 1.29 is 9.47 Å². The van der Waals surface area contributed by atoms with Crippen LogP contribution in [0.4, 0.5) is 0 Å². The summed E-state index contributed by atoms with van der Waals surface area (Å²) in [6.07, 6.45) is 0.0420. The van der Waals surface area contributed by atoms with E-state index in [0.717, 1.165) is 0 Å². The highest BCUT2D eigenvalue weighted by Gasteiger charge is 2.13. The zero-order chi connectivity index (χ0) is 14.7. The van der Waals surface area contributed by atoms with Crippen molar-refractivity contribution in [1.82, 2.24) is 15.3 Å². The number of halogens is 1. The predicted octanol–water partition coefficient (Wildman–Crippen LogP) is 1.08.